The Kier molecular flexibility index (Phi) is 6.81. The van der Waals surface area contributed by atoms with Crippen LogP contribution in [0.2, 0.25) is 10.0 Å². The van der Waals surface area contributed by atoms with Crippen LogP contribution in [-0.2, 0) is 4.79 Å². The highest BCUT2D eigenvalue weighted by atomic mass is 35.5. The highest BCUT2D eigenvalue weighted by molar-refractivity contribution is 7.80. The minimum absolute atomic E-state index is 0.180. The molecule has 2 aromatic carbocycles. The standard InChI is InChI=1S/C19H19Cl2N3O2S/c1-19(2,3)17(26)24-18(27)23-13-6-4-5-12(10-13)22-16(25)14-8-7-11(20)9-15(14)21/h4-10H,1-3H3,(H,22,25)(H2,23,24,26,27). The molecular formula is C19H19Cl2N3O2S. The van der Waals surface area contributed by atoms with Crippen molar-refractivity contribution < 1.29 is 9.59 Å². The van der Waals surface area contributed by atoms with Gasteiger partial charge in [0.25, 0.3) is 5.91 Å². The molecule has 0 atom stereocenters. The first-order valence-electron chi connectivity index (χ1n) is 8.05. The minimum Gasteiger partial charge on any atom is -0.332 e. The topological polar surface area (TPSA) is 70.2 Å². The molecule has 0 radical (unpaired) electrons. The lowest BCUT2D eigenvalue weighted by Crippen LogP contribution is -2.41. The van der Waals surface area contributed by atoms with Gasteiger partial charge in [-0.05, 0) is 48.6 Å². The predicted octanol–water partition coefficient (Wildman–Crippen LogP) is 5.10. The molecule has 0 aliphatic heterocycles. The molecule has 142 valence electrons. The van der Waals surface area contributed by atoms with Crippen molar-refractivity contribution in [2.75, 3.05) is 10.6 Å². The number of carbonyl (C=O) groups excluding carboxylic acids is 2. The summed E-state index contributed by atoms with van der Waals surface area (Å²) in [6.45, 7) is 5.38. The van der Waals surface area contributed by atoms with E-state index in [2.05, 4.69) is 16.0 Å². The molecule has 27 heavy (non-hydrogen) atoms. The Labute approximate surface area is 173 Å². The van der Waals surface area contributed by atoms with Crippen molar-refractivity contribution in [3.63, 3.8) is 0 Å². The number of carbonyl (C=O) groups is 2. The maximum absolute atomic E-state index is 12.4. The number of halogens is 2. The van der Waals surface area contributed by atoms with Crippen molar-refractivity contribution in [1.29, 1.82) is 0 Å². The summed E-state index contributed by atoms with van der Waals surface area (Å²) in [6.07, 6.45) is 0. The van der Waals surface area contributed by atoms with Gasteiger partial charge in [0.15, 0.2) is 5.11 Å². The van der Waals surface area contributed by atoms with Gasteiger partial charge in [-0.25, -0.2) is 0 Å². The summed E-state index contributed by atoms with van der Waals surface area (Å²) in [4.78, 5) is 24.4. The van der Waals surface area contributed by atoms with E-state index in [0.717, 1.165) is 0 Å². The lowest BCUT2D eigenvalue weighted by atomic mass is 9.96. The largest absolute Gasteiger partial charge is 0.332 e. The number of rotatable bonds is 3. The van der Waals surface area contributed by atoms with Crippen molar-refractivity contribution in [2.45, 2.75) is 20.8 Å². The summed E-state index contributed by atoms with van der Waals surface area (Å²) in [6, 6.07) is 11.6. The van der Waals surface area contributed by atoms with Gasteiger partial charge in [0, 0.05) is 21.8 Å². The molecule has 2 amide bonds. The average molecular weight is 424 g/mol. The van der Waals surface area contributed by atoms with Crippen LogP contribution in [0.25, 0.3) is 0 Å². The van der Waals surface area contributed by atoms with E-state index < -0.39 is 5.41 Å². The summed E-state index contributed by atoms with van der Waals surface area (Å²) in [5.41, 5.74) is 0.918. The van der Waals surface area contributed by atoms with Gasteiger partial charge in [-0.2, -0.15) is 0 Å². The molecule has 2 rings (SSSR count). The zero-order chi connectivity index (χ0) is 20.2. The smallest absolute Gasteiger partial charge is 0.257 e. The Morgan fingerprint density at radius 3 is 2.19 bits per heavy atom. The quantitative estimate of drug-likeness (QED) is 0.600. The third-order valence-electron chi connectivity index (χ3n) is 3.46. The van der Waals surface area contributed by atoms with E-state index >= 15 is 0 Å². The fraction of sp³-hybridized carbons (Fsp3) is 0.211. The Balaban J connectivity index is 2.05. The number of benzene rings is 2. The number of hydrogen-bond donors (Lipinski definition) is 3. The average Bonchev–Trinajstić information content (AvgIpc) is 2.53. The fourth-order valence-corrected chi connectivity index (χ4v) is 2.70. The predicted molar refractivity (Wildman–Crippen MR) is 115 cm³/mol. The van der Waals surface area contributed by atoms with Crippen LogP contribution in [0.1, 0.15) is 31.1 Å². The van der Waals surface area contributed by atoms with E-state index in [0.29, 0.717) is 22.0 Å². The molecule has 0 unspecified atom stereocenters. The van der Waals surface area contributed by atoms with Crippen LogP contribution in [0.15, 0.2) is 42.5 Å². The molecule has 0 aliphatic rings. The molecule has 0 spiro atoms. The molecule has 2 aromatic rings. The van der Waals surface area contributed by atoms with E-state index in [1.807, 2.05) is 0 Å². The Hall–Kier alpha value is -2.15. The van der Waals surface area contributed by atoms with Gasteiger partial charge in [0.2, 0.25) is 5.91 Å². The first-order chi connectivity index (χ1) is 12.6. The first kappa shape index (κ1) is 21.2. The second kappa shape index (κ2) is 8.69. The van der Waals surface area contributed by atoms with Crippen molar-refractivity contribution in [3.05, 3.63) is 58.1 Å². The highest BCUT2D eigenvalue weighted by Crippen LogP contribution is 2.23. The van der Waals surface area contributed by atoms with Crippen molar-refractivity contribution in [1.82, 2.24) is 5.32 Å². The first-order valence-corrected chi connectivity index (χ1v) is 9.21. The summed E-state index contributed by atoms with van der Waals surface area (Å²) in [5.74, 6) is -0.556. The molecule has 0 fully saturated rings. The second-order valence-corrected chi connectivity index (χ2v) is 8.07. The van der Waals surface area contributed by atoms with Crippen LogP contribution < -0.4 is 16.0 Å². The van der Waals surface area contributed by atoms with Crippen LogP contribution in [0.3, 0.4) is 0 Å². The van der Waals surface area contributed by atoms with Gasteiger partial charge in [0.1, 0.15) is 0 Å². The SMILES string of the molecule is CC(C)(C)C(=O)NC(=S)Nc1cccc(NC(=O)c2ccc(Cl)cc2Cl)c1. The van der Waals surface area contributed by atoms with Gasteiger partial charge in [-0.1, -0.05) is 50.0 Å². The van der Waals surface area contributed by atoms with Gasteiger partial charge in [-0.3, -0.25) is 9.59 Å². The number of hydrogen-bond acceptors (Lipinski definition) is 3. The van der Waals surface area contributed by atoms with E-state index in [-0.39, 0.29) is 21.9 Å². The Morgan fingerprint density at radius 1 is 0.963 bits per heavy atom. The van der Waals surface area contributed by atoms with Gasteiger partial charge >= 0.3 is 0 Å². The molecule has 0 saturated heterocycles. The van der Waals surface area contributed by atoms with Crippen LogP contribution in [0.4, 0.5) is 11.4 Å². The number of anilines is 2. The summed E-state index contributed by atoms with van der Waals surface area (Å²) < 4.78 is 0. The fourth-order valence-electron chi connectivity index (χ4n) is 2.00. The third kappa shape index (κ3) is 6.20. The zero-order valence-electron chi connectivity index (χ0n) is 15.0. The molecule has 5 nitrogen and oxygen atoms in total. The van der Waals surface area contributed by atoms with Crippen LogP contribution in [-0.4, -0.2) is 16.9 Å². The van der Waals surface area contributed by atoms with Crippen molar-refractivity contribution >= 4 is 63.7 Å². The zero-order valence-corrected chi connectivity index (χ0v) is 17.4. The van der Waals surface area contributed by atoms with Crippen LogP contribution in [0.5, 0.6) is 0 Å². The van der Waals surface area contributed by atoms with E-state index in [4.69, 9.17) is 35.4 Å². The normalized spacial score (nSPS) is 10.9. The molecule has 0 aromatic heterocycles. The Morgan fingerprint density at radius 2 is 1.59 bits per heavy atom. The van der Waals surface area contributed by atoms with Crippen molar-refractivity contribution in [2.24, 2.45) is 5.41 Å². The van der Waals surface area contributed by atoms with Crippen molar-refractivity contribution in [3.8, 4) is 0 Å². The number of thiocarbonyl (C=S) groups is 1. The third-order valence-corrected chi connectivity index (χ3v) is 4.21. The van der Waals surface area contributed by atoms with Gasteiger partial charge < -0.3 is 16.0 Å². The Bertz CT molecular complexity index is 895. The van der Waals surface area contributed by atoms with Gasteiger partial charge in [-0.15, -0.1) is 0 Å². The maximum Gasteiger partial charge on any atom is 0.257 e. The minimum atomic E-state index is -0.556. The van der Waals surface area contributed by atoms with Crippen LogP contribution in [0, 0.1) is 5.41 Å². The number of nitrogens with one attached hydrogen (secondary N) is 3. The van der Waals surface area contributed by atoms with E-state index in [1.165, 1.54) is 6.07 Å². The summed E-state index contributed by atoms with van der Waals surface area (Å²) in [7, 11) is 0. The van der Waals surface area contributed by atoms with Gasteiger partial charge in [0.05, 0.1) is 10.6 Å². The molecule has 8 heteroatoms. The second-order valence-electron chi connectivity index (χ2n) is 6.82. The van der Waals surface area contributed by atoms with E-state index in [1.54, 1.807) is 57.2 Å². The van der Waals surface area contributed by atoms with E-state index in [9.17, 15) is 9.59 Å². The molecule has 0 aliphatic carbocycles. The van der Waals surface area contributed by atoms with Crippen LogP contribution >= 0.6 is 35.4 Å². The summed E-state index contributed by atoms with van der Waals surface area (Å²) >= 11 is 17.1. The highest BCUT2D eigenvalue weighted by Gasteiger charge is 2.22. The molecule has 0 heterocycles. The summed E-state index contributed by atoms with van der Waals surface area (Å²) in [5, 5.41) is 9.21. The maximum atomic E-state index is 12.4. The molecule has 0 bridgehead atoms. The monoisotopic (exact) mass is 423 g/mol. The lowest BCUT2D eigenvalue weighted by molar-refractivity contribution is -0.126. The number of amides is 2. The lowest BCUT2D eigenvalue weighted by Gasteiger charge is -2.18. The molecule has 0 saturated carbocycles. The molecule has 3 N–H and O–H groups in total. The molecular weight excluding hydrogens is 405 g/mol.